The van der Waals surface area contributed by atoms with Crippen molar-refractivity contribution in [1.29, 1.82) is 5.26 Å². The van der Waals surface area contributed by atoms with Crippen LogP contribution in [0.25, 0.3) is 0 Å². The molecule has 1 rings (SSSR count). The van der Waals surface area contributed by atoms with Crippen molar-refractivity contribution in [3.8, 4) is 6.07 Å². The van der Waals surface area contributed by atoms with Crippen molar-refractivity contribution in [1.82, 2.24) is 4.98 Å². The van der Waals surface area contributed by atoms with Gasteiger partial charge in [-0.1, -0.05) is 0 Å². The molecule has 0 aromatic carbocycles. The monoisotopic (exact) mass is 233 g/mol. The summed E-state index contributed by atoms with van der Waals surface area (Å²) in [4.78, 5) is 14.9. The Labute approximate surface area is 100 Å². The van der Waals surface area contributed by atoms with Crippen molar-refractivity contribution in [2.45, 2.75) is 32.7 Å². The normalized spacial score (nSPS) is 10.7. The molecule has 0 spiro atoms. The zero-order valence-corrected chi connectivity index (χ0v) is 10.1. The Morgan fingerprint density at radius 1 is 1.59 bits per heavy atom. The number of rotatable bonds is 4. The number of aromatic nitrogens is 1. The molecule has 1 heterocycles. The number of hydrogen-bond acceptors (Lipinski definition) is 4. The van der Waals surface area contributed by atoms with Crippen LogP contribution in [0.2, 0.25) is 0 Å². The number of aryl methyl sites for hydroxylation is 1. The molecule has 17 heavy (non-hydrogen) atoms. The number of pyridine rings is 1. The first kappa shape index (κ1) is 13.0. The Hall–Kier alpha value is -2.09. The molecule has 1 aromatic heterocycles. The third-order valence-corrected chi connectivity index (χ3v) is 2.20. The number of nitrogens with zero attached hydrogens (tertiary/aromatic N) is 2. The molecule has 5 nitrogen and oxygen atoms in total. The molecule has 0 saturated heterocycles. The maximum absolute atomic E-state index is 10.7. The van der Waals surface area contributed by atoms with E-state index in [2.05, 4.69) is 10.3 Å². The number of anilines is 1. The van der Waals surface area contributed by atoms with Crippen LogP contribution in [0.5, 0.6) is 0 Å². The fourth-order valence-corrected chi connectivity index (χ4v) is 1.49. The highest BCUT2D eigenvalue weighted by atomic mass is 16.4. The van der Waals surface area contributed by atoms with Crippen LogP contribution in [0.15, 0.2) is 12.1 Å². The van der Waals surface area contributed by atoms with Gasteiger partial charge >= 0.3 is 5.97 Å². The molecule has 0 aliphatic rings. The van der Waals surface area contributed by atoms with E-state index in [0.29, 0.717) is 11.4 Å². The van der Waals surface area contributed by atoms with Crippen LogP contribution in [-0.2, 0) is 4.79 Å². The van der Waals surface area contributed by atoms with E-state index in [4.69, 9.17) is 10.4 Å². The lowest BCUT2D eigenvalue weighted by Crippen LogP contribution is -2.34. The maximum Gasteiger partial charge on any atom is 0.305 e. The highest BCUT2D eigenvalue weighted by Gasteiger charge is 2.23. The molecule has 0 amide bonds. The van der Waals surface area contributed by atoms with Crippen molar-refractivity contribution in [2.75, 3.05) is 5.32 Å². The van der Waals surface area contributed by atoms with Gasteiger partial charge in [-0.3, -0.25) is 4.79 Å². The van der Waals surface area contributed by atoms with E-state index in [9.17, 15) is 4.79 Å². The van der Waals surface area contributed by atoms with Crippen molar-refractivity contribution >= 4 is 11.8 Å². The van der Waals surface area contributed by atoms with E-state index in [0.717, 1.165) is 5.69 Å². The first-order valence-corrected chi connectivity index (χ1v) is 5.22. The summed E-state index contributed by atoms with van der Waals surface area (Å²) in [5.74, 6) is -0.465. The standard InChI is InChI=1S/C12H15N3O2/c1-8-4-5-9(7-13)11(14-8)15-12(2,3)6-10(16)17/h4-5H,6H2,1-3H3,(H,14,15)(H,16,17). The molecule has 0 radical (unpaired) electrons. The van der Waals surface area contributed by atoms with Crippen molar-refractivity contribution in [3.63, 3.8) is 0 Å². The lowest BCUT2D eigenvalue weighted by Gasteiger charge is -2.25. The Balaban J connectivity index is 2.98. The summed E-state index contributed by atoms with van der Waals surface area (Å²) in [5.41, 5.74) is 0.532. The molecule has 0 bridgehead atoms. The van der Waals surface area contributed by atoms with Gasteiger partial charge in [0.25, 0.3) is 0 Å². The summed E-state index contributed by atoms with van der Waals surface area (Å²) in [6.07, 6.45) is -0.0481. The smallest absolute Gasteiger partial charge is 0.305 e. The molecular formula is C12H15N3O2. The predicted octanol–water partition coefficient (Wildman–Crippen LogP) is 1.93. The van der Waals surface area contributed by atoms with E-state index in [-0.39, 0.29) is 6.42 Å². The second-order valence-corrected chi connectivity index (χ2v) is 4.54. The Morgan fingerprint density at radius 2 is 2.24 bits per heavy atom. The molecule has 1 aromatic rings. The average molecular weight is 233 g/mol. The van der Waals surface area contributed by atoms with E-state index >= 15 is 0 Å². The Morgan fingerprint density at radius 3 is 2.76 bits per heavy atom. The lowest BCUT2D eigenvalue weighted by atomic mass is 10.0. The van der Waals surface area contributed by atoms with E-state index in [1.54, 1.807) is 26.0 Å². The van der Waals surface area contributed by atoms with Gasteiger partial charge in [0.2, 0.25) is 0 Å². The average Bonchev–Trinajstić information content (AvgIpc) is 2.14. The number of aliphatic carboxylic acids is 1. The van der Waals surface area contributed by atoms with Gasteiger partial charge in [-0.2, -0.15) is 5.26 Å². The lowest BCUT2D eigenvalue weighted by molar-refractivity contribution is -0.137. The summed E-state index contributed by atoms with van der Waals surface area (Å²) in [6.45, 7) is 5.33. The number of nitriles is 1. The minimum Gasteiger partial charge on any atom is -0.481 e. The summed E-state index contributed by atoms with van der Waals surface area (Å²) in [7, 11) is 0. The van der Waals surface area contributed by atoms with Crippen LogP contribution in [-0.4, -0.2) is 21.6 Å². The fourth-order valence-electron chi connectivity index (χ4n) is 1.49. The number of carboxylic acids is 1. The Bertz CT molecular complexity index is 475. The zero-order chi connectivity index (χ0) is 13.1. The van der Waals surface area contributed by atoms with Gasteiger partial charge in [0.1, 0.15) is 11.9 Å². The third kappa shape index (κ3) is 3.76. The van der Waals surface area contributed by atoms with Gasteiger partial charge in [0, 0.05) is 11.2 Å². The first-order chi connectivity index (χ1) is 7.84. The van der Waals surface area contributed by atoms with E-state index in [1.807, 2.05) is 13.0 Å². The number of nitrogens with one attached hydrogen (secondary N) is 1. The number of carboxylic acid groups (broad SMARTS) is 1. The topological polar surface area (TPSA) is 86.0 Å². The van der Waals surface area contributed by atoms with E-state index in [1.165, 1.54) is 0 Å². The van der Waals surface area contributed by atoms with Crippen molar-refractivity contribution in [3.05, 3.63) is 23.4 Å². The van der Waals surface area contributed by atoms with Crippen molar-refractivity contribution in [2.24, 2.45) is 0 Å². The molecule has 0 aliphatic carbocycles. The van der Waals surface area contributed by atoms with Crippen molar-refractivity contribution < 1.29 is 9.90 Å². The highest BCUT2D eigenvalue weighted by molar-refractivity contribution is 5.69. The third-order valence-electron chi connectivity index (χ3n) is 2.20. The maximum atomic E-state index is 10.7. The zero-order valence-electron chi connectivity index (χ0n) is 10.1. The predicted molar refractivity (Wildman–Crippen MR) is 63.6 cm³/mol. The molecule has 90 valence electrons. The Kier molecular flexibility index (Phi) is 3.69. The minimum atomic E-state index is -0.895. The molecule has 5 heteroatoms. The first-order valence-electron chi connectivity index (χ1n) is 5.22. The summed E-state index contributed by atoms with van der Waals surface area (Å²) in [6, 6.07) is 5.44. The van der Waals surface area contributed by atoms with Crippen LogP contribution in [0.1, 0.15) is 31.5 Å². The molecule has 0 saturated carbocycles. The molecule has 2 N–H and O–H groups in total. The van der Waals surface area contributed by atoms with Crippen LogP contribution >= 0.6 is 0 Å². The second kappa shape index (κ2) is 4.83. The quantitative estimate of drug-likeness (QED) is 0.829. The summed E-state index contributed by atoms with van der Waals surface area (Å²) >= 11 is 0. The summed E-state index contributed by atoms with van der Waals surface area (Å²) < 4.78 is 0. The largest absolute Gasteiger partial charge is 0.481 e. The van der Waals surface area contributed by atoms with E-state index < -0.39 is 11.5 Å². The molecule has 0 unspecified atom stereocenters. The van der Waals surface area contributed by atoms with Crippen LogP contribution < -0.4 is 5.32 Å². The minimum absolute atomic E-state index is 0.0481. The number of hydrogen-bond donors (Lipinski definition) is 2. The SMILES string of the molecule is Cc1ccc(C#N)c(NC(C)(C)CC(=O)O)n1. The summed E-state index contributed by atoms with van der Waals surface area (Å²) in [5, 5.41) is 20.7. The molecule has 0 fully saturated rings. The second-order valence-electron chi connectivity index (χ2n) is 4.54. The van der Waals surface area contributed by atoms with Gasteiger partial charge in [-0.05, 0) is 32.9 Å². The van der Waals surface area contributed by atoms with Gasteiger partial charge in [0.15, 0.2) is 0 Å². The molecule has 0 aliphatic heterocycles. The van der Waals surface area contributed by atoms with Gasteiger partial charge in [-0.15, -0.1) is 0 Å². The van der Waals surface area contributed by atoms with Crippen LogP contribution in [0.4, 0.5) is 5.82 Å². The molecule has 0 atom stereocenters. The fraction of sp³-hybridized carbons (Fsp3) is 0.417. The molecular weight excluding hydrogens is 218 g/mol. The van der Waals surface area contributed by atoms with Gasteiger partial charge < -0.3 is 10.4 Å². The van der Waals surface area contributed by atoms with Gasteiger partial charge in [-0.25, -0.2) is 4.98 Å². The highest BCUT2D eigenvalue weighted by Crippen LogP contribution is 2.20. The van der Waals surface area contributed by atoms with Gasteiger partial charge in [0.05, 0.1) is 12.0 Å². The van der Waals surface area contributed by atoms with Crippen LogP contribution in [0, 0.1) is 18.3 Å². The van der Waals surface area contributed by atoms with Crippen LogP contribution in [0.3, 0.4) is 0 Å². The number of carbonyl (C=O) groups is 1.